The highest BCUT2D eigenvalue weighted by Crippen LogP contribution is 2.22. The summed E-state index contributed by atoms with van der Waals surface area (Å²) in [7, 11) is 0. The van der Waals surface area contributed by atoms with Gasteiger partial charge in [0.1, 0.15) is 18.2 Å². The van der Waals surface area contributed by atoms with Gasteiger partial charge in [-0.2, -0.15) is 10.4 Å². The van der Waals surface area contributed by atoms with Crippen LogP contribution in [0.4, 0.5) is 0 Å². The molecule has 0 N–H and O–H groups in total. The predicted molar refractivity (Wildman–Crippen MR) is 116 cm³/mol. The summed E-state index contributed by atoms with van der Waals surface area (Å²) in [5, 5.41) is 13.9. The molecule has 0 aliphatic heterocycles. The molecule has 0 spiro atoms. The van der Waals surface area contributed by atoms with Gasteiger partial charge < -0.3 is 4.57 Å². The van der Waals surface area contributed by atoms with Crippen molar-refractivity contribution in [2.75, 3.05) is 0 Å². The van der Waals surface area contributed by atoms with Crippen molar-refractivity contribution in [3.05, 3.63) is 80.0 Å². The summed E-state index contributed by atoms with van der Waals surface area (Å²) in [5.74, 6) is -0.202. The van der Waals surface area contributed by atoms with Crippen molar-refractivity contribution in [2.45, 2.75) is 54.0 Å². The molecule has 0 saturated heterocycles. The number of nitriles is 1. The van der Waals surface area contributed by atoms with Crippen LogP contribution in [0.15, 0.2) is 35.1 Å². The molecule has 0 unspecified atom stereocenters. The Morgan fingerprint density at radius 1 is 1.13 bits per heavy atom. The van der Waals surface area contributed by atoms with Gasteiger partial charge in [-0.1, -0.05) is 26.0 Å². The number of Topliss-reactive ketones (excluding diaryl/α,β-unsaturated/α-hetero) is 1. The lowest BCUT2D eigenvalue weighted by molar-refractivity contribution is 0.0964. The quantitative estimate of drug-likeness (QED) is 0.587. The van der Waals surface area contributed by atoms with E-state index < -0.39 is 5.56 Å². The van der Waals surface area contributed by atoms with Gasteiger partial charge in [0, 0.05) is 22.6 Å². The van der Waals surface area contributed by atoms with Crippen molar-refractivity contribution >= 4 is 5.78 Å². The minimum Gasteiger partial charge on any atom is -0.318 e. The maximum Gasteiger partial charge on any atom is 0.285 e. The van der Waals surface area contributed by atoms with Crippen LogP contribution in [-0.4, -0.2) is 20.1 Å². The van der Waals surface area contributed by atoms with E-state index in [1.807, 2.05) is 69.5 Å². The topological polar surface area (TPSA) is 80.7 Å². The first-order valence-electron chi connectivity index (χ1n) is 10.1. The zero-order chi connectivity index (χ0) is 22.0. The molecule has 1 aromatic carbocycles. The fourth-order valence-corrected chi connectivity index (χ4v) is 3.97. The highest BCUT2D eigenvalue weighted by molar-refractivity contribution is 5.97. The van der Waals surface area contributed by atoms with E-state index in [4.69, 9.17) is 0 Å². The Balaban J connectivity index is 2.03. The van der Waals surface area contributed by atoms with Crippen LogP contribution in [0.1, 0.15) is 58.0 Å². The van der Waals surface area contributed by atoms with E-state index in [1.165, 1.54) is 0 Å². The molecular weight excluding hydrogens is 376 g/mol. The summed E-state index contributed by atoms with van der Waals surface area (Å²) >= 11 is 0. The Labute approximate surface area is 176 Å². The third-order valence-electron chi connectivity index (χ3n) is 5.42. The first kappa shape index (κ1) is 21.3. The second kappa shape index (κ2) is 8.50. The monoisotopic (exact) mass is 402 g/mol. The minimum atomic E-state index is -0.507. The Kier molecular flexibility index (Phi) is 6.02. The molecule has 0 radical (unpaired) electrons. The molecule has 0 atom stereocenters. The van der Waals surface area contributed by atoms with Gasteiger partial charge in [-0.05, 0) is 62.9 Å². The lowest BCUT2D eigenvalue weighted by atomic mass is 10.0. The van der Waals surface area contributed by atoms with E-state index in [-0.39, 0.29) is 17.9 Å². The highest BCUT2D eigenvalue weighted by Gasteiger charge is 2.20. The van der Waals surface area contributed by atoms with Crippen LogP contribution in [0.5, 0.6) is 0 Å². The van der Waals surface area contributed by atoms with E-state index in [9.17, 15) is 14.9 Å². The Bertz CT molecular complexity index is 1230. The van der Waals surface area contributed by atoms with E-state index >= 15 is 0 Å². The summed E-state index contributed by atoms with van der Waals surface area (Å²) in [6.45, 7) is 9.51. The lowest BCUT2D eigenvalue weighted by Crippen LogP contribution is -2.31. The van der Waals surface area contributed by atoms with Gasteiger partial charge in [0.05, 0.1) is 5.69 Å². The Hall–Kier alpha value is -3.46. The average molecular weight is 402 g/mol. The molecule has 2 heterocycles. The van der Waals surface area contributed by atoms with Crippen LogP contribution in [-0.2, 0) is 19.4 Å². The number of aromatic nitrogens is 3. The molecule has 3 rings (SSSR count). The Morgan fingerprint density at radius 3 is 2.47 bits per heavy atom. The minimum absolute atomic E-state index is 0.0855. The third-order valence-corrected chi connectivity index (χ3v) is 5.42. The molecule has 0 bridgehead atoms. The zero-order valence-electron chi connectivity index (χ0n) is 18.1. The number of hydrogen-bond acceptors (Lipinski definition) is 4. The SMILES string of the molecule is CCc1nn(CC(=O)c2cc(C)n(-c3cccc(C)c3)c2C)c(=O)c(C#N)c1CC. The van der Waals surface area contributed by atoms with E-state index in [0.717, 1.165) is 27.3 Å². The Morgan fingerprint density at radius 2 is 1.87 bits per heavy atom. The zero-order valence-corrected chi connectivity index (χ0v) is 18.1. The van der Waals surface area contributed by atoms with Crippen molar-refractivity contribution in [1.82, 2.24) is 14.3 Å². The van der Waals surface area contributed by atoms with Gasteiger partial charge in [0.25, 0.3) is 5.56 Å². The molecule has 6 heteroatoms. The van der Waals surface area contributed by atoms with Gasteiger partial charge >= 0.3 is 0 Å². The van der Waals surface area contributed by atoms with Crippen molar-refractivity contribution in [1.29, 1.82) is 5.26 Å². The van der Waals surface area contributed by atoms with E-state index in [0.29, 0.717) is 29.7 Å². The summed E-state index contributed by atoms with van der Waals surface area (Å²) in [5.41, 5.74) is 5.38. The molecule has 0 amide bonds. The van der Waals surface area contributed by atoms with Crippen molar-refractivity contribution in [3.8, 4) is 11.8 Å². The molecule has 2 aromatic heterocycles. The number of ketones is 1. The van der Waals surface area contributed by atoms with Crippen molar-refractivity contribution in [2.24, 2.45) is 0 Å². The maximum absolute atomic E-state index is 13.1. The number of hydrogen-bond donors (Lipinski definition) is 0. The van der Waals surface area contributed by atoms with E-state index in [2.05, 4.69) is 11.2 Å². The highest BCUT2D eigenvalue weighted by atomic mass is 16.1. The van der Waals surface area contributed by atoms with Crippen LogP contribution in [0, 0.1) is 32.1 Å². The first-order valence-corrected chi connectivity index (χ1v) is 10.1. The first-order chi connectivity index (χ1) is 14.3. The van der Waals surface area contributed by atoms with Gasteiger partial charge in [0.15, 0.2) is 5.78 Å². The molecule has 0 saturated carbocycles. The number of aryl methyl sites for hydroxylation is 3. The van der Waals surface area contributed by atoms with Crippen LogP contribution < -0.4 is 5.56 Å². The summed E-state index contributed by atoms with van der Waals surface area (Å²) in [6, 6.07) is 11.9. The van der Waals surface area contributed by atoms with Gasteiger partial charge in [-0.25, -0.2) is 4.68 Å². The average Bonchev–Trinajstić information content (AvgIpc) is 3.02. The summed E-state index contributed by atoms with van der Waals surface area (Å²) < 4.78 is 3.17. The molecule has 0 aliphatic rings. The molecule has 0 fully saturated rings. The number of carbonyl (C=O) groups is 1. The van der Waals surface area contributed by atoms with Crippen LogP contribution in [0.2, 0.25) is 0 Å². The van der Waals surface area contributed by atoms with Crippen LogP contribution >= 0.6 is 0 Å². The molecule has 30 heavy (non-hydrogen) atoms. The second-order valence-electron chi connectivity index (χ2n) is 7.46. The molecule has 154 valence electrons. The summed E-state index contributed by atoms with van der Waals surface area (Å²) in [6.07, 6.45) is 1.15. The summed E-state index contributed by atoms with van der Waals surface area (Å²) in [4.78, 5) is 25.9. The normalized spacial score (nSPS) is 10.8. The fraction of sp³-hybridized carbons (Fsp3) is 0.333. The largest absolute Gasteiger partial charge is 0.318 e. The van der Waals surface area contributed by atoms with Crippen molar-refractivity contribution in [3.63, 3.8) is 0 Å². The number of benzene rings is 1. The number of rotatable bonds is 6. The fourth-order valence-electron chi connectivity index (χ4n) is 3.97. The van der Waals surface area contributed by atoms with Crippen molar-refractivity contribution < 1.29 is 4.79 Å². The molecule has 3 aromatic rings. The standard InChI is InChI=1S/C24H26N4O2/c1-6-19-21(13-25)24(30)27(26-22(19)7-2)14-23(29)20-12-16(4)28(17(20)5)18-10-8-9-15(3)11-18/h8-12H,6-7,14H2,1-5H3. The number of nitrogens with zero attached hydrogens (tertiary/aromatic N) is 4. The van der Waals surface area contributed by atoms with Crippen LogP contribution in [0.3, 0.4) is 0 Å². The molecular formula is C24H26N4O2. The van der Waals surface area contributed by atoms with Crippen LogP contribution in [0.25, 0.3) is 5.69 Å². The van der Waals surface area contributed by atoms with Gasteiger partial charge in [-0.3, -0.25) is 9.59 Å². The third kappa shape index (κ3) is 3.71. The molecule has 0 aliphatic carbocycles. The lowest BCUT2D eigenvalue weighted by Gasteiger charge is -2.12. The number of carbonyl (C=O) groups excluding carboxylic acids is 1. The smallest absolute Gasteiger partial charge is 0.285 e. The molecule has 6 nitrogen and oxygen atoms in total. The van der Waals surface area contributed by atoms with Gasteiger partial charge in [-0.15, -0.1) is 0 Å². The second-order valence-corrected chi connectivity index (χ2v) is 7.46. The van der Waals surface area contributed by atoms with E-state index in [1.54, 1.807) is 0 Å². The predicted octanol–water partition coefficient (Wildman–Crippen LogP) is 3.84. The van der Waals surface area contributed by atoms with Gasteiger partial charge in [0.2, 0.25) is 0 Å². The maximum atomic E-state index is 13.1.